The molecule has 1 atom stereocenters. The second-order valence-electron chi connectivity index (χ2n) is 5.97. The van der Waals surface area contributed by atoms with E-state index in [1.54, 1.807) is 6.08 Å². The van der Waals surface area contributed by atoms with Crippen LogP contribution in [0.1, 0.15) is 24.0 Å². The van der Waals surface area contributed by atoms with Crippen molar-refractivity contribution in [3.63, 3.8) is 0 Å². The third-order valence-electron chi connectivity index (χ3n) is 4.14. The second-order valence-corrected chi connectivity index (χ2v) is 5.97. The molecule has 0 aromatic heterocycles. The van der Waals surface area contributed by atoms with Crippen molar-refractivity contribution in [1.82, 2.24) is 10.2 Å². The number of benzene rings is 1. The molecule has 0 aliphatic carbocycles. The Kier molecular flexibility index (Phi) is 4.24. The molecule has 1 saturated heterocycles. The van der Waals surface area contributed by atoms with Crippen LogP contribution in [0.5, 0.6) is 0 Å². The number of guanidine groups is 1. The molecule has 1 aromatic rings. The average Bonchev–Trinajstić information content (AvgIpc) is 2.91. The lowest BCUT2D eigenvalue weighted by Gasteiger charge is -2.32. The summed E-state index contributed by atoms with van der Waals surface area (Å²) >= 11 is 0. The van der Waals surface area contributed by atoms with Gasteiger partial charge in [-0.2, -0.15) is 0 Å². The highest BCUT2D eigenvalue weighted by Crippen LogP contribution is 2.19. The molecule has 116 valence electrons. The fourth-order valence-electron chi connectivity index (χ4n) is 2.83. The Morgan fingerprint density at radius 3 is 2.91 bits per heavy atom. The van der Waals surface area contributed by atoms with Gasteiger partial charge in [0.25, 0.3) is 5.91 Å². The molecule has 2 heterocycles. The van der Waals surface area contributed by atoms with Crippen LogP contribution in [-0.2, 0) is 4.79 Å². The number of nitrogens with zero attached hydrogens (tertiary/aromatic N) is 2. The van der Waals surface area contributed by atoms with Crippen molar-refractivity contribution in [1.29, 1.82) is 0 Å². The van der Waals surface area contributed by atoms with Crippen molar-refractivity contribution >= 4 is 17.9 Å². The number of aliphatic imine (C=N–C) groups is 1. The highest BCUT2D eigenvalue weighted by molar-refractivity contribution is 6.13. The largest absolute Gasteiger partial charge is 0.396 e. The molecule has 2 N–H and O–H groups in total. The van der Waals surface area contributed by atoms with Crippen LogP contribution in [0, 0.1) is 12.8 Å². The Morgan fingerprint density at radius 1 is 1.41 bits per heavy atom. The fraction of sp³-hybridized carbons (Fsp3) is 0.412. The van der Waals surface area contributed by atoms with Crippen molar-refractivity contribution in [2.24, 2.45) is 10.9 Å². The Morgan fingerprint density at radius 2 is 2.18 bits per heavy atom. The van der Waals surface area contributed by atoms with Gasteiger partial charge in [0.1, 0.15) is 5.70 Å². The van der Waals surface area contributed by atoms with Gasteiger partial charge in [-0.15, -0.1) is 0 Å². The maximum atomic E-state index is 12.1. The molecule has 1 fully saturated rings. The van der Waals surface area contributed by atoms with Gasteiger partial charge in [-0.3, -0.25) is 10.1 Å². The van der Waals surface area contributed by atoms with E-state index >= 15 is 0 Å². The van der Waals surface area contributed by atoms with Crippen molar-refractivity contribution in [3.8, 4) is 0 Å². The first kappa shape index (κ1) is 14.8. The van der Waals surface area contributed by atoms with Crippen LogP contribution in [0.15, 0.2) is 35.0 Å². The number of carbonyl (C=O) groups is 1. The zero-order chi connectivity index (χ0) is 15.5. The van der Waals surface area contributed by atoms with Crippen LogP contribution in [0.25, 0.3) is 6.08 Å². The first-order valence-corrected chi connectivity index (χ1v) is 7.70. The molecule has 5 nitrogen and oxygen atoms in total. The van der Waals surface area contributed by atoms with E-state index in [0.29, 0.717) is 11.7 Å². The number of piperidine rings is 1. The number of likely N-dealkylation sites (tertiary alicyclic amines) is 1. The van der Waals surface area contributed by atoms with Crippen LogP contribution < -0.4 is 5.32 Å². The fourth-order valence-corrected chi connectivity index (χ4v) is 2.83. The summed E-state index contributed by atoms with van der Waals surface area (Å²) in [4.78, 5) is 18.6. The van der Waals surface area contributed by atoms with Gasteiger partial charge in [0.2, 0.25) is 5.96 Å². The van der Waals surface area contributed by atoms with Crippen molar-refractivity contribution in [2.75, 3.05) is 19.7 Å². The Hall–Kier alpha value is -2.14. The van der Waals surface area contributed by atoms with Crippen LogP contribution in [0.3, 0.4) is 0 Å². The van der Waals surface area contributed by atoms with E-state index < -0.39 is 0 Å². The molecule has 22 heavy (non-hydrogen) atoms. The zero-order valence-corrected chi connectivity index (χ0v) is 12.7. The van der Waals surface area contributed by atoms with Crippen molar-refractivity contribution in [2.45, 2.75) is 19.8 Å². The van der Waals surface area contributed by atoms with E-state index in [2.05, 4.69) is 15.2 Å². The predicted molar refractivity (Wildman–Crippen MR) is 86.1 cm³/mol. The Labute approximate surface area is 130 Å². The number of rotatable bonds is 2. The number of hydrogen-bond donors (Lipinski definition) is 2. The summed E-state index contributed by atoms with van der Waals surface area (Å²) in [5.74, 6) is 0.710. The van der Waals surface area contributed by atoms with Crippen LogP contribution in [0.4, 0.5) is 0 Å². The maximum absolute atomic E-state index is 12.1. The number of aliphatic hydroxyl groups is 1. The molecule has 5 heteroatoms. The molecule has 0 unspecified atom stereocenters. The normalized spacial score (nSPS) is 23.6. The topological polar surface area (TPSA) is 64.9 Å². The van der Waals surface area contributed by atoms with Crippen LogP contribution >= 0.6 is 0 Å². The second kappa shape index (κ2) is 6.32. The Bertz CT molecular complexity index is 619. The number of aryl methyl sites for hydroxylation is 1. The lowest BCUT2D eigenvalue weighted by molar-refractivity contribution is -0.115. The number of carbonyl (C=O) groups excluding carboxylic acids is 1. The van der Waals surface area contributed by atoms with Gasteiger partial charge in [0, 0.05) is 19.7 Å². The summed E-state index contributed by atoms with van der Waals surface area (Å²) in [6, 6.07) is 7.98. The Balaban J connectivity index is 1.77. The van der Waals surface area contributed by atoms with Crippen LogP contribution in [-0.4, -0.2) is 41.6 Å². The van der Waals surface area contributed by atoms with Gasteiger partial charge in [-0.25, -0.2) is 4.99 Å². The molecular formula is C17H21N3O2. The quantitative estimate of drug-likeness (QED) is 0.814. The first-order chi connectivity index (χ1) is 10.7. The minimum Gasteiger partial charge on any atom is -0.396 e. The van der Waals surface area contributed by atoms with Crippen LogP contribution in [0.2, 0.25) is 0 Å². The summed E-state index contributed by atoms with van der Waals surface area (Å²) in [6.45, 7) is 3.83. The summed E-state index contributed by atoms with van der Waals surface area (Å²) < 4.78 is 0. The first-order valence-electron chi connectivity index (χ1n) is 7.70. The van der Waals surface area contributed by atoms with Gasteiger partial charge >= 0.3 is 0 Å². The smallest absolute Gasteiger partial charge is 0.276 e. The molecule has 0 spiro atoms. The minimum atomic E-state index is -0.165. The van der Waals surface area contributed by atoms with Gasteiger partial charge < -0.3 is 10.0 Å². The predicted octanol–water partition coefficient (Wildman–Crippen LogP) is 1.53. The molecule has 3 rings (SSSR count). The van der Waals surface area contributed by atoms with Gasteiger partial charge in [-0.1, -0.05) is 29.8 Å². The summed E-state index contributed by atoms with van der Waals surface area (Å²) in [7, 11) is 0. The minimum absolute atomic E-state index is 0.165. The third-order valence-corrected chi connectivity index (χ3v) is 4.14. The van der Waals surface area contributed by atoms with E-state index in [4.69, 9.17) is 0 Å². The van der Waals surface area contributed by atoms with E-state index in [-0.39, 0.29) is 18.4 Å². The van der Waals surface area contributed by atoms with Gasteiger partial charge in [0.05, 0.1) is 0 Å². The van der Waals surface area contributed by atoms with Gasteiger partial charge in [0.15, 0.2) is 0 Å². The number of hydrogen-bond acceptors (Lipinski definition) is 4. The van der Waals surface area contributed by atoms with Crippen molar-refractivity contribution < 1.29 is 9.90 Å². The molecule has 0 saturated carbocycles. The summed E-state index contributed by atoms with van der Waals surface area (Å²) in [5, 5.41) is 12.1. The molecule has 1 aromatic carbocycles. The average molecular weight is 299 g/mol. The molecule has 0 radical (unpaired) electrons. The number of amides is 1. The molecule has 0 bridgehead atoms. The van der Waals surface area contributed by atoms with E-state index in [1.165, 1.54) is 5.56 Å². The molecule has 2 aliphatic heterocycles. The summed E-state index contributed by atoms with van der Waals surface area (Å²) in [5.41, 5.74) is 2.59. The highest BCUT2D eigenvalue weighted by atomic mass is 16.3. The SMILES string of the molecule is Cc1ccc(/C=C2/N=C(N3CCC[C@H](CO)C3)NC2=O)cc1. The highest BCUT2D eigenvalue weighted by Gasteiger charge is 2.28. The summed E-state index contributed by atoms with van der Waals surface area (Å²) in [6.07, 6.45) is 3.84. The monoisotopic (exact) mass is 299 g/mol. The third kappa shape index (κ3) is 3.20. The lowest BCUT2D eigenvalue weighted by Crippen LogP contribution is -2.46. The molecule has 1 amide bonds. The van der Waals surface area contributed by atoms with E-state index in [0.717, 1.165) is 31.5 Å². The van der Waals surface area contributed by atoms with E-state index in [1.807, 2.05) is 31.2 Å². The van der Waals surface area contributed by atoms with Crippen molar-refractivity contribution in [3.05, 3.63) is 41.1 Å². The molecular weight excluding hydrogens is 278 g/mol. The maximum Gasteiger partial charge on any atom is 0.276 e. The number of nitrogens with one attached hydrogen (secondary N) is 1. The lowest BCUT2D eigenvalue weighted by atomic mass is 9.99. The number of aliphatic hydroxyl groups excluding tert-OH is 1. The van der Waals surface area contributed by atoms with E-state index in [9.17, 15) is 9.90 Å². The van der Waals surface area contributed by atoms with Gasteiger partial charge in [-0.05, 0) is 37.3 Å². The molecule has 2 aliphatic rings. The standard InChI is InChI=1S/C17H21N3O2/c1-12-4-6-13(7-5-12)9-15-16(22)19-17(18-15)20-8-2-3-14(10-20)11-21/h4-7,9,14,21H,2-3,8,10-11H2,1H3,(H,18,19,22)/b15-9+/t14-/m0/s1. The zero-order valence-electron chi connectivity index (χ0n) is 12.7.